The predicted octanol–water partition coefficient (Wildman–Crippen LogP) is 1.57. The van der Waals surface area contributed by atoms with Gasteiger partial charge in [-0.25, -0.2) is 0 Å². The van der Waals surface area contributed by atoms with Gasteiger partial charge in [0.15, 0.2) is 0 Å². The van der Waals surface area contributed by atoms with E-state index in [1.807, 2.05) is 0 Å². The normalized spacial score (nSPS) is 22.4. The quantitative estimate of drug-likeness (QED) is 0.699. The third kappa shape index (κ3) is 3.41. The van der Waals surface area contributed by atoms with Crippen LogP contribution in [-0.4, -0.2) is 19.3 Å². The van der Waals surface area contributed by atoms with E-state index in [0.717, 1.165) is 38.4 Å². The zero-order chi connectivity index (χ0) is 7.40. The van der Waals surface area contributed by atoms with Crippen molar-refractivity contribution in [2.45, 2.75) is 32.2 Å². The molecule has 0 amide bonds. The second kappa shape index (κ2) is 5.81. The van der Waals surface area contributed by atoms with Gasteiger partial charge >= 0.3 is 0 Å². The first kappa shape index (κ1) is 11.2. The van der Waals surface area contributed by atoms with Gasteiger partial charge in [0.1, 0.15) is 0 Å². The fraction of sp³-hybridized carbons (Fsp3) is 1.00. The highest BCUT2D eigenvalue weighted by Gasteiger charge is 2.18. The van der Waals surface area contributed by atoms with E-state index in [-0.39, 0.29) is 12.4 Å². The van der Waals surface area contributed by atoms with Crippen LogP contribution in [0.3, 0.4) is 0 Å². The van der Waals surface area contributed by atoms with Crippen LogP contribution in [0, 0.1) is 5.92 Å². The average Bonchev–Trinajstić information content (AvgIpc) is 2.05. The minimum absolute atomic E-state index is 0. The van der Waals surface area contributed by atoms with Crippen LogP contribution in [0.1, 0.15) is 26.2 Å². The number of hydrogen-bond donors (Lipinski definition) is 1. The maximum Gasteiger partial charge on any atom is 0.0469 e. The lowest BCUT2D eigenvalue weighted by atomic mass is 9.91. The second-order valence-electron chi connectivity index (χ2n) is 3.02. The SMILES string of the molecule is CCC(N)C1CCOCC1.Cl. The monoisotopic (exact) mass is 179 g/mol. The summed E-state index contributed by atoms with van der Waals surface area (Å²) < 4.78 is 5.24. The molecule has 1 heterocycles. The molecule has 1 aliphatic rings. The molecule has 11 heavy (non-hydrogen) atoms. The van der Waals surface area contributed by atoms with Crippen molar-refractivity contribution in [3.05, 3.63) is 0 Å². The van der Waals surface area contributed by atoms with Crippen molar-refractivity contribution in [3.8, 4) is 0 Å². The van der Waals surface area contributed by atoms with Crippen LogP contribution in [-0.2, 0) is 4.74 Å². The number of halogens is 1. The summed E-state index contributed by atoms with van der Waals surface area (Å²) in [5, 5.41) is 0. The summed E-state index contributed by atoms with van der Waals surface area (Å²) >= 11 is 0. The Morgan fingerprint density at radius 2 is 2.00 bits per heavy atom. The minimum Gasteiger partial charge on any atom is -0.381 e. The molecule has 0 aromatic rings. The van der Waals surface area contributed by atoms with Crippen LogP contribution < -0.4 is 5.73 Å². The van der Waals surface area contributed by atoms with E-state index in [1.165, 1.54) is 0 Å². The van der Waals surface area contributed by atoms with Crippen LogP contribution >= 0.6 is 12.4 Å². The second-order valence-corrected chi connectivity index (χ2v) is 3.02. The van der Waals surface area contributed by atoms with Crippen molar-refractivity contribution in [1.82, 2.24) is 0 Å². The van der Waals surface area contributed by atoms with Crippen molar-refractivity contribution in [3.63, 3.8) is 0 Å². The van der Waals surface area contributed by atoms with Crippen LogP contribution in [0.5, 0.6) is 0 Å². The highest BCUT2D eigenvalue weighted by molar-refractivity contribution is 5.85. The molecule has 1 aliphatic heterocycles. The summed E-state index contributed by atoms with van der Waals surface area (Å²) in [7, 11) is 0. The molecule has 2 nitrogen and oxygen atoms in total. The third-order valence-electron chi connectivity index (χ3n) is 2.34. The zero-order valence-corrected chi connectivity index (χ0v) is 7.90. The molecule has 0 spiro atoms. The molecule has 0 bridgehead atoms. The van der Waals surface area contributed by atoms with E-state index in [0.29, 0.717) is 6.04 Å². The van der Waals surface area contributed by atoms with Crippen molar-refractivity contribution in [1.29, 1.82) is 0 Å². The van der Waals surface area contributed by atoms with E-state index in [1.54, 1.807) is 0 Å². The average molecular weight is 180 g/mol. The Morgan fingerprint density at radius 1 is 1.45 bits per heavy atom. The molecule has 0 aromatic heterocycles. The Morgan fingerprint density at radius 3 is 2.45 bits per heavy atom. The number of nitrogens with two attached hydrogens (primary N) is 1. The van der Waals surface area contributed by atoms with Gasteiger partial charge in [0.2, 0.25) is 0 Å². The summed E-state index contributed by atoms with van der Waals surface area (Å²) in [4.78, 5) is 0. The summed E-state index contributed by atoms with van der Waals surface area (Å²) in [5.74, 6) is 0.721. The van der Waals surface area contributed by atoms with Crippen LogP contribution in [0.15, 0.2) is 0 Å². The van der Waals surface area contributed by atoms with Gasteiger partial charge < -0.3 is 10.5 Å². The van der Waals surface area contributed by atoms with Crippen molar-refractivity contribution in [2.24, 2.45) is 11.7 Å². The minimum atomic E-state index is 0. The topological polar surface area (TPSA) is 35.2 Å². The van der Waals surface area contributed by atoms with Gasteiger partial charge in [0.25, 0.3) is 0 Å². The van der Waals surface area contributed by atoms with E-state index >= 15 is 0 Å². The number of rotatable bonds is 2. The maximum atomic E-state index is 5.89. The van der Waals surface area contributed by atoms with E-state index < -0.39 is 0 Å². The van der Waals surface area contributed by atoms with E-state index in [2.05, 4.69) is 6.92 Å². The summed E-state index contributed by atoms with van der Waals surface area (Å²) in [6.07, 6.45) is 3.43. The molecule has 0 aliphatic carbocycles. The van der Waals surface area contributed by atoms with Crippen LogP contribution in [0.25, 0.3) is 0 Å². The van der Waals surface area contributed by atoms with Gasteiger partial charge in [0.05, 0.1) is 0 Å². The molecule has 3 heteroatoms. The lowest BCUT2D eigenvalue weighted by Gasteiger charge is -2.26. The molecule has 68 valence electrons. The fourth-order valence-electron chi connectivity index (χ4n) is 1.48. The van der Waals surface area contributed by atoms with Gasteiger partial charge in [-0.15, -0.1) is 12.4 Å². The first-order valence-electron chi connectivity index (χ1n) is 4.18. The number of ether oxygens (including phenoxy) is 1. The first-order chi connectivity index (χ1) is 4.84. The van der Waals surface area contributed by atoms with E-state index in [4.69, 9.17) is 10.5 Å². The molecular formula is C8H18ClNO. The van der Waals surface area contributed by atoms with Crippen LogP contribution in [0.2, 0.25) is 0 Å². The Kier molecular flexibility index (Phi) is 5.92. The van der Waals surface area contributed by atoms with Crippen molar-refractivity contribution >= 4 is 12.4 Å². The van der Waals surface area contributed by atoms with Gasteiger partial charge in [0, 0.05) is 19.3 Å². The van der Waals surface area contributed by atoms with Gasteiger partial charge in [-0.2, -0.15) is 0 Å². The maximum absolute atomic E-state index is 5.89. The Bertz CT molecular complexity index is 94.1. The molecule has 1 unspecified atom stereocenters. The predicted molar refractivity (Wildman–Crippen MR) is 49.1 cm³/mol. The summed E-state index contributed by atoms with van der Waals surface area (Å²) in [5.41, 5.74) is 5.89. The van der Waals surface area contributed by atoms with Crippen molar-refractivity contribution < 1.29 is 4.74 Å². The summed E-state index contributed by atoms with van der Waals surface area (Å²) in [6.45, 7) is 3.98. The fourth-order valence-corrected chi connectivity index (χ4v) is 1.48. The lowest BCUT2D eigenvalue weighted by Crippen LogP contribution is -2.33. The zero-order valence-electron chi connectivity index (χ0n) is 7.08. The molecule has 0 aromatic carbocycles. The molecule has 0 saturated carbocycles. The van der Waals surface area contributed by atoms with Gasteiger partial charge in [-0.1, -0.05) is 6.92 Å². The number of hydrogen-bond acceptors (Lipinski definition) is 2. The highest BCUT2D eigenvalue weighted by Crippen LogP contribution is 2.18. The molecule has 1 rings (SSSR count). The Hall–Kier alpha value is 0.210. The Balaban J connectivity index is 0.000001000. The first-order valence-corrected chi connectivity index (χ1v) is 4.18. The molecule has 2 N–H and O–H groups in total. The standard InChI is InChI=1S/C8H17NO.ClH/c1-2-8(9)7-3-5-10-6-4-7;/h7-8H,2-6,9H2,1H3;1H. The largest absolute Gasteiger partial charge is 0.381 e. The third-order valence-corrected chi connectivity index (χ3v) is 2.34. The van der Waals surface area contributed by atoms with E-state index in [9.17, 15) is 0 Å². The molecule has 1 atom stereocenters. The highest BCUT2D eigenvalue weighted by atomic mass is 35.5. The molecule has 1 saturated heterocycles. The smallest absolute Gasteiger partial charge is 0.0469 e. The summed E-state index contributed by atoms with van der Waals surface area (Å²) in [6, 6.07) is 0.406. The molecular weight excluding hydrogens is 162 g/mol. The molecule has 1 fully saturated rings. The molecule has 0 radical (unpaired) electrons. The van der Waals surface area contributed by atoms with Gasteiger partial charge in [-0.05, 0) is 25.2 Å². The van der Waals surface area contributed by atoms with Crippen molar-refractivity contribution in [2.75, 3.05) is 13.2 Å². The van der Waals surface area contributed by atoms with Crippen LogP contribution in [0.4, 0.5) is 0 Å². The lowest BCUT2D eigenvalue weighted by molar-refractivity contribution is 0.0581. The Labute approximate surface area is 74.9 Å². The van der Waals surface area contributed by atoms with Gasteiger partial charge in [-0.3, -0.25) is 0 Å².